The van der Waals surface area contributed by atoms with Crippen molar-refractivity contribution in [1.82, 2.24) is 10.6 Å². The predicted octanol–water partition coefficient (Wildman–Crippen LogP) is 3.87. The molecule has 2 fully saturated rings. The van der Waals surface area contributed by atoms with Crippen LogP contribution in [-0.2, 0) is 4.79 Å². The highest BCUT2D eigenvalue weighted by atomic mass is 32.1. The number of thiophene rings is 1. The first-order chi connectivity index (χ1) is 10.6. The van der Waals surface area contributed by atoms with E-state index in [2.05, 4.69) is 42.0 Å². The second kappa shape index (κ2) is 7.14. The van der Waals surface area contributed by atoms with Crippen molar-refractivity contribution in [2.24, 2.45) is 11.8 Å². The molecular formula is C18H28N2OS. The van der Waals surface area contributed by atoms with Gasteiger partial charge in [-0.1, -0.05) is 19.9 Å². The third-order valence-corrected chi connectivity index (χ3v) is 5.96. The van der Waals surface area contributed by atoms with E-state index in [1.165, 1.54) is 30.6 Å². The minimum Gasteiger partial charge on any atom is -0.348 e. The van der Waals surface area contributed by atoms with E-state index < -0.39 is 0 Å². The van der Waals surface area contributed by atoms with E-state index in [9.17, 15) is 4.79 Å². The monoisotopic (exact) mass is 320 g/mol. The lowest BCUT2D eigenvalue weighted by Crippen LogP contribution is -2.40. The summed E-state index contributed by atoms with van der Waals surface area (Å²) in [6.45, 7) is 4.44. The molecule has 3 unspecified atom stereocenters. The molecule has 3 heterocycles. The summed E-state index contributed by atoms with van der Waals surface area (Å²) in [4.78, 5) is 13.8. The highest BCUT2D eigenvalue weighted by Crippen LogP contribution is 2.33. The third-order valence-electron chi connectivity index (χ3n) is 4.97. The van der Waals surface area contributed by atoms with E-state index in [4.69, 9.17) is 0 Å². The Kier molecular flexibility index (Phi) is 5.19. The van der Waals surface area contributed by atoms with E-state index in [1.54, 1.807) is 11.3 Å². The summed E-state index contributed by atoms with van der Waals surface area (Å²) >= 11 is 1.75. The summed E-state index contributed by atoms with van der Waals surface area (Å²) in [5.74, 6) is 1.40. The maximum Gasteiger partial charge on any atom is 0.220 e. The molecule has 2 bridgehead atoms. The van der Waals surface area contributed by atoms with Crippen LogP contribution in [0, 0.1) is 11.8 Å². The van der Waals surface area contributed by atoms with Crippen LogP contribution in [0.15, 0.2) is 17.5 Å². The van der Waals surface area contributed by atoms with Gasteiger partial charge < -0.3 is 10.6 Å². The van der Waals surface area contributed by atoms with Crippen molar-refractivity contribution < 1.29 is 4.79 Å². The van der Waals surface area contributed by atoms with Gasteiger partial charge in [0, 0.05) is 23.4 Å². The van der Waals surface area contributed by atoms with Gasteiger partial charge in [0.1, 0.15) is 0 Å². The molecular weight excluding hydrogens is 292 g/mol. The molecule has 0 spiro atoms. The summed E-state index contributed by atoms with van der Waals surface area (Å²) in [5, 5.41) is 9.05. The quantitative estimate of drug-likeness (QED) is 0.835. The van der Waals surface area contributed by atoms with E-state index in [0.717, 1.165) is 6.42 Å². The van der Waals surface area contributed by atoms with Crippen LogP contribution in [-0.4, -0.2) is 18.0 Å². The molecule has 22 heavy (non-hydrogen) atoms. The van der Waals surface area contributed by atoms with Crippen molar-refractivity contribution in [3.63, 3.8) is 0 Å². The zero-order valence-corrected chi connectivity index (χ0v) is 14.5. The molecule has 1 amide bonds. The molecule has 0 aliphatic carbocycles. The van der Waals surface area contributed by atoms with Crippen molar-refractivity contribution in [2.45, 2.75) is 70.5 Å². The molecule has 2 saturated heterocycles. The molecule has 3 nitrogen and oxygen atoms in total. The fourth-order valence-corrected chi connectivity index (χ4v) is 4.86. The summed E-state index contributed by atoms with van der Waals surface area (Å²) in [6, 6.07) is 5.73. The normalized spacial score (nSPS) is 28.8. The van der Waals surface area contributed by atoms with Crippen LogP contribution in [0.5, 0.6) is 0 Å². The fourth-order valence-electron chi connectivity index (χ4n) is 4.06. The van der Waals surface area contributed by atoms with E-state index in [-0.39, 0.29) is 11.9 Å². The summed E-state index contributed by atoms with van der Waals surface area (Å²) < 4.78 is 0. The molecule has 4 heteroatoms. The van der Waals surface area contributed by atoms with Gasteiger partial charge in [-0.3, -0.25) is 4.79 Å². The van der Waals surface area contributed by atoms with Gasteiger partial charge in [-0.25, -0.2) is 0 Å². The fraction of sp³-hybridized carbons (Fsp3) is 0.722. The van der Waals surface area contributed by atoms with Gasteiger partial charge in [0.05, 0.1) is 6.04 Å². The molecule has 2 aliphatic rings. The van der Waals surface area contributed by atoms with E-state index in [0.29, 0.717) is 30.3 Å². The highest BCUT2D eigenvalue weighted by molar-refractivity contribution is 7.10. The molecule has 0 radical (unpaired) electrons. The maximum atomic E-state index is 12.5. The van der Waals surface area contributed by atoms with Crippen LogP contribution < -0.4 is 10.6 Å². The Morgan fingerprint density at radius 2 is 2.09 bits per heavy atom. The van der Waals surface area contributed by atoms with Gasteiger partial charge in [0.2, 0.25) is 5.91 Å². The molecule has 0 aromatic carbocycles. The predicted molar refractivity (Wildman–Crippen MR) is 91.9 cm³/mol. The van der Waals surface area contributed by atoms with Crippen LogP contribution in [0.2, 0.25) is 0 Å². The minimum atomic E-state index is 0.186. The van der Waals surface area contributed by atoms with Crippen LogP contribution >= 0.6 is 11.3 Å². The molecule has 2 N–H and O–H groups in total. The molecule has 122 valence electrons. The minimum absolute atomic E-state index is 0.186. The standard InChI is InChI=1S/C18H28N2OS/c1-12(2)8-16(17-4-3-7-22-17)20-18(21)11-13-9-14-5-6-15(10-13)19-14/h3-4,7,12-16,19H,5-6,8-11H2,1-2H3,(H,20,21). The van der Waals surface area contributed by atoms with Crippen LogP contribution in [0.25, 0.3) is 0 Å². The van der Waals surface area contributed by atoms with Crippen molar-refractivity contribution in [2.75, 3.05) is 0 Å². The third kappa shape index (κ3) is 4.11. The van der Waals surface area contributed by atoms with Crippen molar-refractivity contribution >= 4 is 17.2 Å². The first-order valence-electron chi connectivity index (χ1n) is 8.69. The topological polar surface area (TPSA) is 41.1 Å². The van der Waals surface area contributed by atoms with Crippen molar-refractivity contribution in [1.29, 1.82) is 0 Å². The van der Waals surface area contributed by atoms with Crippen LogP contribution in [0.1, 0.15) is 63.3 Å². The number of hydrogen-bond donors (Lipinski definition) is 2. The average Bonchev–Trinajstić information content (AvgIpc) is 3.07. The highest BCUT2D eigenvalue weighted by Gasteiger charge is 2.34. The van der Waals surface area contributed by atoms with Crippen LogP contribution in [0.3, 0.4) is 0 Å². The first kappa shape index (κ1) is 16.0. The number of fused-ring (bicyclic) bond motifs is 2. The Labute approximate surface area is 137 Å². The largest absolute Gasteiger partial charge is 0.348 e. The lowest BCUT2D eigenvalue weighted by Gasteiger charge is -2.29. The van der Waals surface area contributed by atoms with Crippen molar-refractivity contribution in [3.05, 3.63) is 22.4 Å². The molecule has 0 saturated carbocycles. The smallest absolute Gasteiger partial charge is 0.220 e. The number of rotatable bonds is 6. The summed E-state index contributed by atoms with van der Waals surface area (Å²) in [5.41, 5.74) is 0. The first-order valence-corrected chi connectivity index (χ1v) is 9.57. The Balaban J connectivity index is 1.54. The Hall–Kier alpha value is -0.870. The zero-order valence-electron chi connectivity index (χ0n) is 13.7. The molecule has 1 aromatic rings. The van der Waals surface area contributed by atoms with Gasteiger partial charge in [0.25, 0.3) is 0 Å². The van der Waals surface area contributed by atoms with Crippen LogP contribution in [0.4, 0.5) is 0 Å². The number of amides is 1. The lowest BCUT2D eigenvalue weighted by molar-refractivity contribution is -0.123. The van der Waals surface area contributed by atoms with Crippen molar-refractivity contribution in [3.8, 4) is 0 Å². The van der Waals surface area contributed by atoms with E-state index in [1.807, 2.05) is 0 Å². The second-order valence-electron chi connectivity index (χ2n) is 7.44. The summed E-state index contributed by atoms with van der Waals surface area (Å²) in [6.07, 6.45) is 6.68. The Bertz CT molecular complexity index is 473. The lowest BCUT2D eigenvalue weighted by atomic mass is 9.89. The average molecular weight is 321 g/mol. The van der Waals surface area contributed by atoms with Gasteiger partial charge in [-0.05, 0) is 55.4 Å². The summed E-state index contributed by atoms with van der Waals surface area (Å²) in [7, 11) is 0. The van der Waals surface area contributed by atoms with Gasteiger partial charge in [-0.2, -0.15) is 0 Å². The number of piperidine rings is 1. The molecule has 1 aromatic heterocycles. The molecule has 3 atom stereocenters. The number of carbonyl (C=O) groups excluding carboxylic acids is 1. The second-order valence-corrected chi connectivity index (χ2v) is 8.42. The Morgan fingerprint density at radius 1 is 1.36 bits per heavy atom. The number of carbonyl (C=O) groups is 1. The zero-order chi connectivity index (χ0) is 15.5. The Morgan fingerprint density at radius 3 is 2.68 bits per heavy atom. The molecule has 3 rings (SSSR count). The van der Waals surface area contributed by atoms with Gasteiger partial charge in [0.15, 0.2) is 0 Å². The molecule has 2 aliphatic heterocycles. The SMILES string of the molecule is CC(C)CC(NC(=O)CC1CC2CCC(C1)N2)c1cccs1. The number of hydrogen-bond acceptors (Lipinski definition) is 3. The van der Waals surface area contributed by atoms with E-state index >= 15 is 0 Å². The maximum absolute atomic E-state index is 12.5. The van der Waals surface area contributed by atoms with Gasteiger partial charge >= 0.3 is 0 Å². The van der Waals surface area contributed by atoms with Gasteiger partial charge in [-0.15, -0.1) is 11.3 Å². The number of nitrogens with one attached hydrogen (secondary N) is 2.